The second kappa shape index (κ2) is 11.7. The number of alkyl halides is 12. The third-order valence-electron chi connectivity index (χ3n) is 14.2. The summed E-state index contributed by atoms with van der Waals surface area (Å²) >= 11 is -12.9. The Hall–Kier alpha value is 0.586. The first-order valence-corrected chi connectivity index (χ1v) is 31.5. The van der Waals surface area contributed by atoms with Gasteiger partial charge in [-0.15, -0.1) is 0 Å². The summed E-state index contributed by atoms with van der Waals surface area (Å²) in [5, 5.41) is 0. The molecule has 2 heterocycles. The molecule has 0 spiro atoms. The molecule has 0 aromatic carbocycles. The van der Waals surface area contributed by atoms with Crippen molar-refractivity contribution in [3.05, 3.63) is 0 Å². The first-order chi connectivity index (χ1) is 23.9. The van der Waals surface area contributed by atoms with Gasteiger partial charge in [0.1, 0.15) is 0 Å². The Morgan fingerprint density at radius 1 is 0.472 bits per heavy atom. The van der Waals surface area contributed by atoms with Crippen molar-refractivity contribution < 1.29 is 63.0 Å². The summed E-state index contributed by atoms with van der Waals surface area (Å²) in [5.41, 5.74) is -9.53. The van der Waals surface area contributed by atoms with E-state index in [-0.39, 0.29) is 74.0 Å². The molecule has 53 heavy (non-hydrogen) atoms. The fourth-order valence-electron chi connectivity index (χ4n) is 13.3. The van der Waals surface area contributed by atoms with Crippen LogP contribution in [0.25, 0.3) is 0 Å². The fraction of sp³-hybridized carbons (Fsp3) is 1.00. The van der Waals surface area contributed by atoms with E-state index >= 15 is 52.7 Å². The SMILES string of the molecule is CP1(C)=[N][Ge]([O][Ge]2([C]34CC5CC(CC(C5)C3)C4)[N]=P(C)(C)CC(C(F)(F)F)(C(F)(F)F)[O]2)([C]23CC4CC(CC(C4)C2)C3)[O]C(C(F)(F)F)(C(F)(F)F)C1. The Bertz CT molecular complexity index is 1440. The van der Waals surface area contributed by atoms with E-state index in [0.717, 1.165) is 0 Å². The van der Waals surface area contributed by atoms with Gasteiger partial charge in [-0.2, -0.15) is 0 Å². The molecule has 2 aliphatic heterocycles. The van der Waals surface area contributed by atoms with Gasteiger partial charge in [0.05, 0.1) is 0 Å². The van der Waals surface area contributed by atoms with Crippen LogP contribution in [0.15, 0.2) is 7.40 Å². The third kappa shape index (κ3) is 5.93. The predicted molar refractivity (Wildman–Crippen MR) is 178 cm³/mol. The normalized spacial score (nSPS) is 46.6. The molecule has 21 heteroatoms. The van der Waals surface area contributed by atoms with Gasteiger partial charge < -0.3 is 0 Å². The zero-order valence-electron chi connectivity index (χ0n) is 29.9. The molecule has 8 fully saturated rings. The van der Waals surface area contributed by atoms with E-state index < -0.39 is 99.2 Å². The van der Waals surface area contributed by atoms with Crippen LogP contribution in [0, 0.1) is 35.5 Å². The van der Waals surface area contributed by atoms with Gasteiger partial charge in [-0.3, -0.25) is 0 Å². The number of hydrogen-bond acceptors (Lipinski definition) is 5. The summed E-state index contributed by atoms with van der Waals surface area (Å²) in [6, 6.07) is 0. The van der Waals surface area contributed by atoms with Crippen molar-refractivity contribution in [3.8, 4) is 0 Å². The molecule has 304 valence electrons. The summed E-state index contributed by atoms with van der Waals surface area (Å²) in [5.74, 6) is -0.660. The van der Waals surface area contributed by atoms with Crippen LogP contribution in [0.5, 0.6) is 0 Å². The molecule has 8 aliphatic carbocycles. The van der Waals surface area contributed by atoms with Gasteiger partial charge >= 0.3 is 309 Å². The number of rotatable bonds is 4. The first kappa shape index (κ1) is 40.4. The molecule has 0 aromatic rings. The molecule has 2 unspecified atom stereocenters. The van der Waals surface area contributed by atoms with Gasteiger partial charge in [-0.25, -0.2) is 0 Å². The summed E-state index contributed by atoms with van der Waals surface area (Å²) in [4.78, 5) is 0. The van der Waals surface area contributed by atoms with Gasteiger partial charge in [0, 0.05) is 0 Å². The molecule has 0 aromatic heterocycles. The molecule has 5 nitrogen and oxygen atoms in total. The molecular formula is C32H46F12Ge2N2O3P2. The number of hydrogen-bond donors (Lipinski definition) is 0. The standard InChI is InChI=1S/C32H46F12Ge2N2O3P2/c1-52(2)17-27(29(33,34)35,30(36,37)38)49-45(47-52,25-11-19-5-20(12-25)7-21(6-19)13-25)51-46(26-14-22-8-23(15-26)10-24(9-22)16-26)48-53(3,4)18-28(50-46,31(39,40)41)32(42,43)44/h19-24H,5-18H2,1-4H3. The van der Waals surface area contributed by atoms with Crippen molar-refractivity contribution in [1.29, 1.82) is 0 Å². The Morgan fingerprint density at radius 2 is 0.698 bits per heavy atom. The monoisotopic (exact) mass is 944 g/mol. The van der Waals surface area contributed by atoms with E-state index in [4.69, 9.17) is 17.7 Å². The Kier molecular flexibility index (Phi) is 8.88. The Morgan fingerprint density at radius 3 is 0.906 bits per heavy atom. The van der Waals surface area contributed by atoms with Gasteiger partial charge in [-0.05, 0) is 0 Å². The van der Waals surface area contributed by atoms with Crippen molar-refractivity contribution in [3.63, 3.8) is 0 Å². The maximum absolute atomic E-state index is 15.4. The summed E-state index contributed by atoms with van der Waals surface area (Å²) < 4.78 is 210. The minimum absolute atomic E-state index is 0.108. The van der Waals surface area contributed by atoms with Gasteiger partial charge in [-0.1, -0.05) is 0 Å². The van der Waals surface area contributed by atoms with E-state index in [9.17, 15) is 0 Å². The molecule has 0 radical (unpaired) electrons. The number of halogens is 12. The van der Waals surface area contributed by atoms with Crippen molar-refractivity contribution in [2.45, 2.75) is 121 Å². The second-order valence-corrected chi connectivity index (χ2v) is 42.1. The van der Waals surface area contributed by atoms with E-state index in [1.165, 1.54) is 26.7 Å². The average molecular weight is 942 g/mol. The third-order valence-corrected chi connectivity index (χ3v) is 46.4. The van der Waals surface area contributed by atoms with Crippen LogP contribution in [0.4, 0.5) is 52.7 Å². The summed E-state index contributed by atoms with van der Waals surface area (Å²) in [6.07, 6.45) is -22.5. The zero-order valence-corrected chi connectivity index (χ0v) is 35.9. The second-order valence-electron chi connectivity index (χ2n) is 19.3. The van der Waals surface area contributed by atoms with Crippen molar-refractivity contribution in [1.82, 2.24) is 0 Å². The van der Waals surface area contributed by atoms with Crippen LogP contribution < -0.4 is 0 Å². The van der Waals surface area contributed by atoms with Gasteiger partial charge in [0.25, 0.3) is 0 Å². The quantitative estimate of drug-likeness (QED) is 0.160. The van der Waals surface area contributed by atoms with E-state index in [0.29, 0.717) is 38.5 Å². The summed E-state index contributed by atoms with van der Waals surface area (Å²) in [7, 11) is -7.36. The van der Waals surface area contributed by atoms with Gasteiger partial charge in [0.2, 0.25) is 0 Å². The van der Waals surface area contributed by atoms with Crippen LogP contribution in [0.1, 0.15) is 77.0 Å². The van der Waals surface area contributed by atoms with E-state index in [1.54, 1.807) is 0 Å². The van der Waals surface area contributed by atoms with Gasteiger partial charge in [0.15, 0.2) is 0 Å². The van der Waals surface area contributed by atoms with Crippen molar-refractivity contribution in [2.24, 2.45) is 42.9 Å². The minimum atomic E-state index is -6.44. The molecule has 8 saturated carbocycles. The molecule has 0 saturated heterocycles. The Balaban J connectivity index is 1.45. The fourth-order valence-corrected chi connectivity index (χ4v) is 57.8. The Labute approximate surface area is 307 Å². The molecular weight excluding hydrogens is 896 g/mol. The first-order valence-electron chi connectivity index (χ1n) is 18.4. The topological polar surface area (TPSA) is 52.4 Å². The van der Waals surface area contributed by atoms with Crippen LogP contribution in [-0.4, -0.2) is 103 Å². The van der Waals surface area contributed by atoms with Crippen LogP contribution in [0.3, 0.4) is 0 Å². The van der Waals surface area contributed by atoms with Crippen molar-refractivity contribution in [2.75, 3.05) is 39.0 Å². The van der Waals surface area contributed by atoms with Crippen LogP contribution in [-0.2, 0) is 10.3 Å². The molecule has 10 rings (SSSR count). The molecule has 0 N–H and O–H groups in total. The number of nitrogens with zero attached hydrogens (tertiary/aromatic N) is 2. The average Bonchev–Trinajstić information content (AvgIpc) is 2.91. The predicted octanol–water partition coefficient (Wildman–Crippen LogP) is 11.5. The zero-order chi connectivity index (χ0) is 38.9. The molecule has 8 bridgehead atoms. The maximum atomic E-state index is 15.4. The van der Waals surface area contributed by atoms with Crippen molar-refractivity contribution >= 4 is 42.4 Å². The van der Waals surface area contributed by atoms with Crippen LogP contribution in [0.2, 0.25) is 8.49 Å². The van der Waals surface area contributed by atoms with E-state index in [1.807, 2.05) is 0 Å². The summed E-state index contributed by atoms with van der Waals surface area (Å²) in [6.45, 7) is 4.90. The van der Waals surface area contributed by atoms with E-state index in [2.05, 4.69) is 0 Å². The molecule has 10 aliphatic rings. The van der Waals surface area contributed by atoms with Crippen LogP contribution >= 0.6 is 14.1 Å². The molecule has 0 amide bonds. The molecule has 2 atom stereocenters.